The third kappa shape index (κ3) is 2.83. The summed E-state index contributed by atoms with van der Waals surface area (Å²) in [5, 5.41) is 0. The molecule has 0 saturated heterocycles. The lowest BCUT2D eigenvalue weighted by atomic mass is 9.84. The molecule has 0 atom stereocenters. The second-order valence-electron chi connectivity index (χ2n) is 4.53. The maximum atomic E-state index is 12.1. The lowest BCUT2D eigenvalue weighted by molar-refractivity contribution is -0.155. The molecule has 1 aromatic carbocycles. The Bertz CT molecular complexity index is 474. The summed E-state index contributed by atoms with van der Waals surface area (Å²) in [4.78, 5) is 34.4. The molecule has 96 valence electrons. The van der Waals surface area contributed by atoms with E-state index in [1.807, 2.05) is 0 Å². The van der Waals surface area contributed by atoms with Crippen LogP contribution in [-0.2, 0) is 20.7 Å². The first kappa shape index (κ1) is 14.1. The molecule has 4 heteroatoms. The van der Waals surface area contributed by atoms with Gasteiger partial charge in [-0.15, -0.1) is 0 Å². The number of hydrogen-bond acceptors (Lipinski definition) is 4. The highest BCUT2D eigenvalue weighted by molar-refractivity contribution is 6.04. The van der Waals surface area contributed by atoms with Crippen molar-refractivity contribution in [3.63, 3.8) is 0 Å². The van der Waals surface area contributed by atoms with Gasteiger partial charge >= 0.3 is 5.97 Å². The summed E-state index contributed by atoms with van der Waals surface area (Å²) < 4.78 is 4.60. The smallest absolute Gasteiger partial charge is 0.318 e. The zero-order chi connectivity index (χ0) is 13.8. The van der Waals surface area contributed by atoms with E-state index in [0.29, 0.717) is 17.4 Å². The highest BCUT2D eigenvalue weighted by Crippen LogP contribution is 2.22. The molecule has 0 aliphatic carbocycles. The molecule has 1 rings (SSSR count). The van der Waals surface area contributed by atoms with Crippen LogP contribution in [0.15, 0.2) is 24.3 Å². The number of ether oxygens (including phenoxy) is 1. The average Bonchev–Trinajstić information content (AvgIpc) is 2.38. The van der Waals surface area contributed by atoms with Crippen molar-refractivity contribution in [1.29, 1.82) is 0 Å². The van der Waals surface area contributed by atoms with Gasteiger partial charge in [0.05, 0.1) is 7.11 Å². The molecule has 0 amide bonds. The van der Waals surface area contributed by atoms with Gasteiger partial charge in [0, 0.05) is 12.0 Å². The Hall–Kier alpha value is -1.97. The monoisotopic (exact) mass is 248 g/mol. The van der Waals surface area contributed by atoms with Gasteiger partial charge in [0.15, 0.2) is 5.78 Å². The lowest BCUT2D eigenvalue weighted by Crippen LogP contribution is -2.35. The van der Waals surface area contributed by atoms with Crippen molar-refractivity contribution in [2.24, 2.45) is 5.41 Å². The summed E-state index contributed by atoms with van der Waals surface area (Å²) in [5.74, 6) is -0.847. The van der Waals surface area contributed by atoms with Crippen LogP contribution >= 0.6 is 0 Å². The summed E-state index contributed by atoms with van der Waals surface area (Å²) >= 11 is 0. The molecule has 0 fully saturated rings. The van der Waals surface area contributed by atoms with E-state index in [0.717, 1.165) is 0 Å². The number of Topliss-reactive ketones (excluding diaryl/α,β-unsaturated/α-hetero) is 1. The number of hydrogen-bond donors (Lipinski definition) is 0. The highest BCUT2D eigenvalue weighted by Gasteiger charge is 2.36. The zero-order valence-corrected chi connectivity index (χ0v) is 10.7. The van der Waals surface area contributed by atoms with Gasteiger partial charge in [0.2, 0.25) is 0 Å². The van der Waals surface area contributed by atoms with Gasteiger partial charge in [0.1, 0.15) is 11.7 Å². The third-order valence-corrected chi connectivity index (χ3v) is 2.93. The highest BCUT2D eigenvalue weighted by atomic mass is 16.5. The standard InChI is InChI=1S/C14H16O4/c1-14(2,13(17)18-3)12(16)8-10-6-4-5-7-11(10)9-15/h4-7,9H,8H2,1-3H3. The number of ketones is 1. The molecule has 0 unspecified atom stereocenters. The second kappa shape index (κ2) is 5.58. The Kier molecular flexibility index (Phi) is 4.37. The largest absolute Gasteiger partial charge is 0.468 e. The zero-order valence-electron chi connectivity index (χ0n) is 10.7. The molecule has 18 heavy (non-hydrogen) atoms. The van der Waals surface area contributed by atoms with Crippen LogP contribution in [0.1, 0.15) is 29.8 Å². The fourth-order valence-electron chi connectivity index (χ4n) is 1.57. The van der Waals surface area contributed by atoms with Crippen LogP contribution < -0.4 is 0 Å². The SMILES string of the molecule is COC(=O)C(C)(C)C(=O)Cc1ccccc1C=O. The molecule has 0 saturated carbocycles. The van der Waals surface area contributed by atoms with Crippen LogP contribution in [0.4, 0.5) is 0 Å². The molecule has 1 aromatic rings. The Balaban J connectivity index is 2.94. The lowest BCUT2D eigenvalue weighted by Gasteiger charge is -2.20. The average molecular weight is 248 g/mol. The van der Waals surface area contributed by atoms with E-state index in [4.69, 9.17) is 0 Å². The minimum absolute atomic E-state index is 0.0387. The molecule has 0 aliphatic heterocycles. The van der Waals surface area contributed by atoms with E-state index in [-0.39, 0.29) is 12.2 Å². The van der Waals surface area contributed by atoms with Crippen molar-refractivity contribution in [3.8, 4) is 0 Å². The summed E-state index contributed by atoms with van der Waals surface area (Å²) in [6, 6.07) is 6.82. The minimum atomic E-state index is -1.20. The third-order valence-electron chi connectivity index (χ3n) is 2.93. The number of carbonyl (C=O) groups excluding carboxylic acids is 3. The van der Waals surface area contributed by atoms with Crippen LogP contribution in [0.2, 0.25) is 0 Å². The van der Waals surface area contributed by atoms with Gasteiger partial charge in [-0.1, -0.05) is 24.3 Å². The molecular formula is C14H16O4. The van der Waals surface area contributed by atoms with E-state index in [1.54, 1.807) is 24.3 Å². The van der Waals surface area contributed by atoms with Crippen LogP contribution in [-0.4, -0.2) is 25.1 Å². The van der Waals surface area contributed by atoms with Crippen molar-refractivity contribution >= 4 is 18.0 Å². The maximum absolute atomic E-state index is 12.1. The van der Waals surface area contributed by atoms with E-state index in [1.165, 1.54) is 21.0 Å². The summed E-state index contributed by atoms with van der Waals surface area (Å²) in [6.45, 7) is 3.04. The number of aldehydes is 1. The van der Waals surface area contributed by atoms with E-state index >= 15 is 0 Å². The molecular weight excluding hydrogens is 232 g/mol. The Labute approximate surface area is 106 Å². The van der Waals surface area contributed by atoms with Crippen LogP contribution in [0, 0.1) is 5.41 Å². The predicted octanol–water partition coefficient (Wildman–Crippen LogP) is 1.81. The maximum Gasteiger partial charge on any atom is 0.318 e. The van der Waals surface area contributed by atoms with E-state index in [2.05, 4.69) is 4.74 Å². The van der Waals surface area contributed by atoms with Crippen molar-refractivity contribution in [2.45, 2.75) is 20.3 Å². The van der Waals surface area contributed by atoms with Crippen LogP contribution in [0.3, 0.4) is 0 Å². The van der Waals surface area contributed by atoms with Crippen molar-refractivity contribution in [2.75, 3.05) is 7.11 Å². The number of esters is 1. The quantitative estimate of drug-likeness (QED) is 0.453. The second-order valence-corrected chi connectivity index (χ2v) is 4.53. The van der Waals surface area contributed by atoms with Crippen LogP contribution in [0.5, 0.6) is 0 Å². The van der Waals surface area contributed by atoms with E-state index in [9.17, 15) is 14.4 Å². The topological polar surface area (TPSA) is 60.4 Å². The van der Waals surface area contributed by atoms with Gasteiger partial charge in [-0.2, -0.15) is 0 Å². The van der Waals surface area contributed by atoms with Gasteiger partial charge in [0.25, 0.3) is 0 Å². The van der Waals surface area contributed by atoms with Gasteiger partial charge in [-0.3, -0.25) is 14.4 Å². The predicted molar refractivity (Wildman–Crippen MR) is 66.3 cm³/mol. The van der Waals surface area contributed by atoms with Gasteiger partial charge in [-0.05, 0) is 19.4 Å². The fraction of sp³-hybridized carbons (Fsp3) is 0.357. The molecule has 0 radical (unpaired) electrons. The first-order valence-corrected chi connectivity index (χ1v) is 5.58. The van der Waals surface area contributed by atoms with Crippen LogP contribution in [0.25, 0.3) is 0 Å². The van der Waals surface area contributed by atoms with Gasteiger partial charge < -0.3 is 4.74 Å². The van der Waals surface area contributed by atoms with Gasteiger partial charge in [-0.25, -0.2) is 0 Å². The first-order chi connectivity index (χ1) is 8.43. The number of carbonyl (C=O) groups is 3. The van der Waals surface area contributed by atoms with Crippen molar-refractivity contribution in [3.05, 3.63) is 35.4 Å². The first-order valence-electron chi connectivity index (χ1n) is 5.58. The molecule has 0 heterocycles. The molecule has 0 bridgehead atoms. The molecule has 0 aliphatic rings. The molecule has 0 spiro atoms. The fourth-order valence-corrected chi connectivity index (χ4v) is 1.57. The number of benzene rings is 1. The molecule has 0 N–H and O–H groups in total. The summed E-state index contributed by atoms with van der Waals surface area (Å²) in [6.07, 6.45) is 0.741. The number of methoxy groups -OCH3 is 1. The molecule has 0 aromatic heterocycles. The van der Waals surface area contributed by atoms with E-state index < -0.39 is 11.4 Å². The van der Waals surface area contributed by atoms with Crippen molar-refractivity contribution in [1.82, 2.24) is 0 Å². The Morgan fingerprint density at radius 2 is 1.89 bits per heavy atom. The summed E-state index contributed by atoms with van der Waals surface area (Å²) in [7, 11) is 1.25. The normalized spacial score (nSPS) is 10.8. The number of rotatable bonds is 5. The minimum Gasteiger partial charge on any atom is -0.468 e. The molecule has 4 nitrogen and oxygen atoms in total. The summed E-state index contributed by atoms with van der Waals surface area (Å²) in [5.41, 5.74) is -0.119. The van der Waals surface area contributed by atoms with Crippen molar-refractivity contribution < 1.29 is 19.1 Å². The Morgan fingerprint density at radius 3 is 2.44 bits per heavy atom. The Morgan fingerprint density at radius 1 is 1.28 bits per heavy atom.